The summed E-state index contributed by atoms with van der Waals surface area (Å²) in [6, 6.07) is 7.43. The minimum atomic E-state index is -3.54. The van der Waals surface area contributed by atoms with Gasteiger partial charge < -0.3 is 10.3 Å². The number of imidazole rings is 1. The average Bonchev–Trinajstić information content (AvgIpc) is 2.94. The number of nitrogen functional groups attached to an aromatic ring is 1. The summed E-state index contributed by atoms with van der Waals surface area (Å²) in [4.78, 5) is 4.26. The lowest BCUT2D eigenvalue weighted by atomic mass is 10.1. The zero-order chi connectivity index (χ0) is 15.6. The highest BCUT2D eigenvalue weighted by atomic mass is 35.5. The first kappa shape index (κ1) is 17.8. The Morgan fingerprint density at radius 2 is 1.96 bits per heavy atom. The molecule has 1 aromatic heterocycles. The van der Waals surface area contributed by atoms with E-state index in [1.165, 1.54) is 0 Å². The van der Waals surface area contributed by atoms with Crippen molar-refractivity contribution < 1.29 is 8.42 Å². The predicted molar refractivity (Wildman–Crippen MR) is 92.2 cm³/mol. The van der Waals surface area contributed by atoms with Crippen LogP contribution in [-0.2, 0) is 29.4 Å². The SMILES string of the molecule is Cl.Nc1ccc(CCNS(=O)(=O)c2cn3c(n2)CCCC3)cc1. The zero-order valence-electron chi connectivity index (χ0n) is 12.7. The number of aromatic nitrogens is 2. The molecule has 3 N–H and O–H groups in total. The van der Waals surface area contributed by atoms with Gasteiger partial charge in [-0.3, -0.25) is 0 Å². The summed E-state index contributed by atoms with van der Waals surface area (Å²) < 4.78 is 29.1. The van der Waals surface area contributed by atoms with Gasteiger partial charge in [-0.2, -0.15) is 0 Å². The molecule has 0 spiro atoms. The van der Waals surface area contributed by atoms with Crippen LogP contribution in [0, 0.1) is 0 Å². The van der Waals surface area contributed by atoms with Crippen LogP contribution in [0.25, 0.3) is 0 Å². The second-order valence-electron chi connectivity index (χ2n) is 5.54. The summed E-state index contributed by atoms with van der Waals surface area (Å²) in [5, 5.41) is 0.127. The van der Waals surface area contributed by atoms with Gasteiger partial charge in [-0.1, -0.05) is 12.1 Å². The number of nitrogens with two attached hydrogens (primary N) is 1. The second-order valence-corrected chi connectivity index (χ2v) is 7.25. The van der Waals surface area contributed by atoms with Crippen molar-refractivity contribution in [1.82, 2.24) is 14.3 Å². The quantitative estimate of drug-likeness (QED) is 0.798. The topological polar surface area (TPSA) is 90.0 Å². The molecule has 3 rings (SSSR count). The van der Waals surface area contributed by atoms with E-state index in [0.717, 1.165) is 37.2 Å². The van der Waals surface area contributed by atoms with Gasteiger partial charge in [0.1, 0.15) is 5.82 Å². The van der Waals surface area contributed by atoms with E-state index in [2.05, 4.69) is 9.71 Å². The molecule has 0 saturated heterocycles. The molecule has 6 nitrogen and oxygen atoms in total. The lowest BCUT2D eigenvalue weighted by Gasteiger charge is -2.11. The van der Waals surface area contributed by atoms with Crippen molar-refractivity contribution in [2.45, 2.75) is 37.3 Å². The van der Waals surface area contributed by atoms with Crippen molar-refractivity contribution >= 4 is 28.1 Å². The van der Waals surface area contributed by atoms with E-state index >= 15 is 0 Å². The number of halogens is 1. The number of aryl methyl sites for hydroxylation is 2. The van der Waals surface area contributed by atoms with E-state index in [-0.39, 0.29) is 17.4 Å². The van der Waals surface area contributed by atoms with Crippen LogP contribution in [0.15, 0.2) is 35.5 Å². The molecule has 0 bridgehead atoms. The molecule has 2 aromatic rings. The summed E-state index contributed by atoms with van der Waals surface area (Å²) in [6.07, 6.45) is 5.25. The molecule has 126 valence electrons. The van der Waals surface area contributed by atoms with Crippen molar-refractivity contribution in [2.75, 3.05) is 12.3 Å². The molecule has 8 heteroatoms. The lowest BCUT2D eigenvalue weighted by Crippen LogP contribution is -2.26. The first-order valence-electron chi connectivity index (χ1n) is 7.45. The summed E-state index contributed by atoms with van der Waals surface area (Å²) in [7, 11) is -3.54. The van der Waals surface area contributed by atoms with Crippen LogP contribution in [0.2, 0.25) is 0 Å². The van der Waals surface area contributed by atoms with Gasteiger partial charge >= 0.3 is 0 Å². The first-order chi connectivity index (χ1) is 10.5. The van der Waals surface area contributed by atoms with Crippen LogP contribution in [0.3, 0.4) is 0 Å². The molecule has 0 aliphatic carbocycles. The van der Waals surface area contributed by atoms with Crippen LogP contribution in [-0.4, -0.2) is 24.5 Å². The number of hydrogen-bond donors (Lipinski definition) is 2. The minimum absolute atomic E-state index is 0. The Morgan fingerprint density at radius 3 is 2.65 bits per heavy atom. The number of anilines is 1. The number of nitrogens with one attached hydrogen (secondary N) is 1. The third-order valence-electron chi connectivity index (χ3n) is 3.85. The summed E-state index contributed by atoms with van der Waals surface area (Å²) in [6.45, 7) is 1.19. The van der Waals surface area contributed by atoms with E-state index in [1.807, 2.05) is 28.8 Å². The van der Waals surface area contributed by atoms with E-state index in [0.29, 0.717) is 18.7 Å². The van der Waals surface area contributed by atoms with Gasteiger partial charge in [-0.25, -0.2) is 18.1 Å². The highest BCUT2D eigenvalue weighted by Gasteiger charge is 2.21. The Hall–Kier alpha value is -1.57. The molecule has 0 amide bonds. The number of nitrogens with zero attached hydrogens (tertiary/aromatic N) is 2. The van der Waals surface area contributed by atoms with Gasteiger partial charge in [0, 0.05) is 31.4 Å². The molecule has 0 fully saturated rings. The normalized spacial score (nSPS) is 14.1. The van der Waals surface area contributed by atoms with Crippen LogP contribution >= 0.6 is 12.4 Å². The van der Waals surface area contributed by atoms with Crippen molar-refractivity contribution in [3.8, 4) is 0 Å². The average molecular weight is 357 g/mol. The van der Waals surface area contributed by atoms with E-state index in [9.17, 15) is 8.42 Å². The molecule has 0 unspecified atom stereocenters. The maximum atomic E-state index is 12.3. The molecule has 0 radical (unpaired) electrons. The lowest BCUT2D eigenvalue weighted by molar-refractivity contribution is 0.522. The molecule has 23 heavy (non-hydrogen) atoms. The maximum absolute atomic E-state index is 12.3. The molecule has 0 saturated carbocycles. The monoisotopic (exact) mass is 356 g/mol. The molecule has 2 heterocycles. The summed E-state index contributed by atoms with van der Waals surface area (Å²) in [5.74, 6) is 0.866. The smallest absolute Gasteiger partial charge is 0.259 e. The number of benzene rings is 1. The third-order valence-corrected chi connectivity index (χ3v) is 5.18. The summed E-state index contributed by atoms with van der Waals surface area (Å²) in [5.41, 5.74) is 7.37. The fraction of sp³-hybridized carbons (Fsp3) is 0.400. The Balaban J connectivity index is 0.00000192. The molecule has 1 aliphatic heterocycles. The van der Waals surface area contributed by atoms with Gasteiger partial charge in [-0.15, -0.1) is 12.4 Å². The van der Waals surface area contributed by atoms with Crippen LogP contribution in [0.1, 0.15) is 24.2 Å². The minimum Gasteiger partial charge on any atom is -0.399 e. The highest BCUT2D eigenvalue weighted by Crippen LogP contribution is 2.17. The molecule has 0 atom stereocenters. The number of fused-ring (bicyclic) bond motifs is 1. The second kappa shape index (κ2) is 7.33. The van der Waals surface area contributed by atoms with Crippen LogP contribution < -0.4 is 10.5 Å². The van der Waals surface area contributed by atoms with Crippen molar-refractivity contribution in [2.24, 2.45) is 0 Å². The van der Waals surface area contributed by atoms with Gasteiger partial charge in [-0.05, 0) is 37.0 Å². The van der Waals surface area contributed by atoms with E-state index < -0.39 is 10.0 Å². The van der Waals surface area contributed by atoms with Crippen molar-refractivity contribution in [3.63, 3.8) is 0 Å². The molecular weight excluding hydrogens is 336 g/mol. The number of sulfonamides is 1. The molecule has 1 aromatic carbocycles. The predicted octanol–water partition coefficient (Wildman–Crippen LogP) is 1.74. The van der Waals surface area contributed by atoms with Gasteiger partial charge in [0.2, 0.25) is 0 Å². The maximum Gasteiger partial charge on any atom is 0.259 e. The zero-order valence-corrected chi connectivity index (χ0v) is 14.4. The third kappa shape index (κ3) is 4.25. The molecule has 1 aliphatic rings. The van der Waals surface area contributed by atoms with Crippen LogP contribution in [0.5, 0.6) is 0 Å². The Labute approximate surface area is 142 Å². The van der Waals surface area contributed by atoms with E-state index in [4.69, 9.17) is 5.73 Å². The highest BCUT2D eigenvalue weighted by molar-refractivity contribution is 7.89. The van der Waals surface area contributed by atoms with Gasteiger partial charge in [0.15, 0.2) is 5.03 Å². The van der Waals surface area contributed by atoms with Gasteiger partial charge in [0.25, 0.3) is 10.0 Å². The number of hydrogen-bond acceptors (Lipinski definition) is 4. The van der Waals surface area contributed by atoms with Crippen molar-refractivity contribution in [3.05, 3.63) is 41.9 Å². The fourth-order valence-corrected chi connectivity index (χ4v) is 3.61. The Bertz CT molecular complexity index is 733. The van der Waals surface area contributed by atoms with Crippen LogP contribution in [0.4, 0.5) is 5.69 Å². The first-order valence-corrected chi connectivity index (χ1v) is 8.93. The summed E-state index contributed by atoms with van der Waals surface area (Å²) >= 11 is 0. The molecular formula is C15H21ClN4O2S. The van der Waals surface area contributed by atoms with Gasteiger partial charge in [0.05, 0.1) is 0 Å². The van der Waals surface area contributed by atoms with E-state index in [1.54, 1.807) is 6.20 Å². The largest absolute Gasteiger partial charge is 0.399 e. The Morgan fingerprint density at radius 1 is 1.22 bits per heavy atom. The van der Waals surface area contributed by atoms with Crippen molar-refractivity contribution in [1.29, 1.82) is 0 Å². The number of rotatable bonds is 5. The fourth-order valence-electron chi connectivity index (χ4n) is 2.60. The Kier molecular flexibility index (Phi) is 5.67. The standard InChI is InChI=1S/C15H20N4O2S.ClH/c16-13-6-4-12(5-7-13)8-9-17-22(20,21)15-11-19-10-2-1-3-14(19)18-15;/h4-7,11,17H,1-3,8-10,16H2;1H.